The number of carboxylic acid groups (broad SMARTS) is 2. The van der Waals surface area contributed by atoms with Gasteiger partial charge in [-0.15, -0.1) is 15.3 Å². The highest BCUT2D eigenvalue weighted by Crippen LogP contribution is 2.63. The summed E-state index contributed by atoms with van der Waals surface area (Å²) in [4.78, 5) is 144. The van der Waals surface area contributed by atoms with Gasteiger partial charge in [-0.1, -0.05) is 48.6 Å². The number of methoxy groups -OCH3 is 1. The number of imide groups is 1. The van der Waals surface area contributed by atoms with E-state index in [0.29, 0.717) is 76.2 Å². The summed E-state index contributed by atoms with van der Waals surface area (Å²) in [6.45, 7) is 5.73. The highest BCUT2D eigenvalue weighted by molar-refractivity contribution is 7.88. The molecule has 9 amide bonds. The summed E-state index contributed by atoms with van der Waals surface area (Å²) in [7, 11) is -3.04. The van der Waals surface area contributed by atoms with E-state index in [-0.39, 0.29) is 121 Å². The number of primary amides is 1. The number of nitrogens with zero attached hydrogens (tertiary/aromatic N) is 12. The van der Waals surface area contributed by atoms with Gasteiger partial charge in [-0.25, -0.2) is 38.6 Å². The highest BCUT2D eigenvalue weighted by atomic mass is 32.2. The largest absolute Gasteiger partial charge is 0.481 e. The molecule has 4 fully saturated rings. The number of nitrogens with one attached hydrogen (secondary N) is 7. The maximum absolute atomic E-state index is 14.6. The van der Waals surface area contributed by atoms with Crippen LogP contribution in [0.4, 0.5) is 42.7 Å². The monoisotopic (exact) mass is 1790 g/mol. The van der Waals surface area contributed by atoms with Gasteiger partial charge in [0.1, 0.15) is 36.8 Å². The van der Waals surface area contributed by atoms with Crippen LogP contribution in [0.25, 0.3) is 21.3 Å². The van der Waals surface area contributed by atoms with Crippen LogP contribution in [0.15, 0.2) is 79.1 Å². The fourth-order valence-electron chi connectivity index (χ4n) is 17.1. The second-order valence-corrected chi connectivity index (χ2v) is 35.0. The topological polar surface area (TPSA) is 561 Å². The number of pyridine rings is 1. The molecule has 2 unspecified atom stereocenters. The Balaban J connectivity index is 0.720. The summed E-state index contributed by atoms with van der Waals surface area (Å²) in [5.41, 5.74) is 9.93. The van der Waals surface area contributed by atoms with Crippen molar-refractivity contribution in [2.24, 2.45) is 28.9 Å². The van der Waals surface area contributed by atoms with Crippen LogP contribution in [0.2, 0.25) is 0 Å². The number of fused-ring (bicyclic) bond motifs is 2. The minimum absolute atomic E-state index is 0.00627. The van der Waals surface area contributed by atoms with Crippen molar-refractivity contribution in [1.29, 1.82) is 0 Å². The molecule has 7 aromatic rings. The summed E-state index contributed by atoms with van der Waals surface area (Å²) in [6, 6.07) is 11.5. The highest BCUT2D eigenvalue weighted by Gasteiger charge is 2.59. The molecule has 6 atom stereocenters. The number of ether oxygens (including phenoxy) is 6. The lowest BCUT2D eigenvalue weighted by molar-refractivity contribution is -0.197. The number of para-hydroxylation sites is 1. The Hall–Kier alpha value is -11.8. The summed E-state index contributed by atoms with van der Waals surface area (Å²) in [5.74, 6) is -3.80. The third-order valence-corrected chi connectivity index (χ3v) is 24.8. The second kappa shape index (κ2) is 42.5. The summed E-state index contributed by atoms with van der Waals surface area (Å²) < 4.78 is 67.2. The smallest absolute Gasteiger partial charge is 0.421 e. The fraction of sp³-hybridized carbons (Fsp3) is 0.524. The second-order valence-electron chi connectivity index (χ2n) is 32.5. The molecule has 2 aliphatic heterocycles. The molecule has 126 heavy (non-hydrogen) atoms. The predicted molar refractivity (Wildman–Crippen MR) is 452 cm³/mol. The van der Waals surface area contributed by atoms with Gasteiger partial charge in [0.25, 0.3) is 11.8 Å². The summed E-state index contributed by atoms with van der Waals surface area (Å²) in [6.07, 6.45) is 7.69. The van der Waals surface area contributed by atoms with Crippen LogP contribution in [-0.4, -0.2) is 253 Å². The lowest BCUT2D eigenvalue weighted by Gasteiger charge is -2.61. The number of aliphatic hydroxyl groups excluding tert-OH is 2. The Labute approximate surface area is 728 Å². The van der Waals surface area contributed by atoms with Crippen molar-refractivity contribution in [3.05, 3.63) is 118 Å². The van der Waals surface area contributed by atoms with Crippen molar-refractivity contribution in [2.75, 3.05) is 102 Å². The number of aromatic carboxylic acids is 1. The van der Waals surface area contributed by atoms with E-state index in [2.05, 4.69) is 51.8 Å². The zero-order chi connectivity index (χ0) is 90.0. The normalized spacial score (nSPS) is 18.5. The summed E-state index contributed by atoms with van der Waals surface area (Å²) >= 11 is 1.52. The standard InChI is InChI=1S/C82H106N20O22S2/c1-48(2)70(91-66(105)21-28-120-30-27-100-67(106)18-19-68(100)107)75(111)88-63(12-8-22-84-77(83)114)74(110)87-55-15-14-53(54(33-55)42-121-44-56-40-101(97-93-56)57(34-69(108)109)45-122-79(115)96-126(117,118)86-23-29-119-5)43-123-80(116)98(25-20-58(104)41-103)26-31-124-82-37-51-32-52(38-82)36-81(35-51,46-82)47-102-50(4)61(39-85-102)60-16-17-65(90-71(60)76(112)113)99-24-9-10-59-49(3)72(94-95-73(59)99)92-78-89-62-11-6-7-13-64(62)125-78/h6-7,11,13-19,33,39-40,48,51-52,57-58,63,70,86,103-104H,8-10,12,20-32,34-38,41-47H2,1-5H3,(H,87,110)(H,88,111)(H,91,105)(H,96,115)(H,108,109)(H,112,113)(H3,83,84,114)(H,89,92,94)/t51?,52?,57-,58-,63-,70-,81?,82?/m0/s1. The number of benzene rings is 2. The molecule has 0 spiro atoms. The molecule has 4 aliphatic carbocycles. The van der Waals surface area contributed by atoms with E-state index in [1.54, 1.807) is 36.9 Å². The first-order valence-corrected chi connectivity index (χ1v) is 43.8. The van der Waals surface area contributed by atoms with Crippen molar-refractivity contribution < 1.29 is 105 Å². The van der Waals surface area contributed by atoms with E-state index in [1.807, 2.05) is 53.8 Å². The van der Waals surface area contributed by atoms with E-state index in [0.717, 1.165) is 93.7 Å². The van der Waals surface area contributed by atoms with Crippen LogP contribution < -0.4 is 46.7 Å². The number of carbonyl (C=O) groups is 10. The lowest BCUT2D eigenvalue weighted by Crippen LogP contribution is -2.58. The van der Waals surface area contributed by atoms with Gasteiger partial charge >= 0.3 is 40.4 Å². The molecule has 0 radical (unpaired) electrons. The minimum Gasteiger partial charge on any atom is -0.481 e. The number of thiazole rings is 1. The molecule has 6 aliphatic rings. The van der Waals surface area contributed by atoms with Crippen LogP contribution >= 0.6 is 11.3 Å². The minimum atomic E-state index is -4.38. The van der Waals surface area contributed by atoms with Crippen LogP contribution in [0.5, 0.6) is 0 Å². The Morgan fingerprint density at radius 1 is 0.825 bits per heavy atom. The van der Waals surface area contributed by atoms with Crippen molar-refractivity contribution in [3.8, 4) is 11.1 Å². The van der Waals surface area contributed by atoms with E-state index in [1.165, 1.54) is 41.7 Å². The third-order valence-electron chi connectivity index (χ3n) is 22.8. The van der Waals surface area contributed by atoms with Gasteiger partial charge in [-0.2, -0.15) is 18.2 Å². The number of urea groups is 1. The molecule has 2 aromatic carbocycles. The molecule has 0 saturated heterocycles. The number of aliphatic hydroxyl groups is 2. The number of nitrogens with two attached hydrogens (primary N) is 1. The Kier molecular flexibility index (Phi) is 31.5. The van der Waals surface area contributed by atoms with Gasteiger partial charge in [-0.3, -0.25) is 38.3 Å². The number of aliphatic carboxylic acids is 1. The van der Waals surface area contributed by atoms with Crippen LogP contribution in [0.1, 0.15) is 141 Å². The van der Waals surface area contributed by atoms with Gasteiger partial charge in [0.15, 0.2) is 22.5 Å². The molecular formula is C82H106N20O22S2. The van der Waals surface area contributed by atoms with Crippen LogP contribution in [0.3, 0.4) is 0 Å². The SMILES string of the molecule is COCCNS(=O)(=O)NC(=O)OC[C@H](CC(=O)O)n1cc(COCc2cc(NC(=O)[C@H](CCCNC(N)=O)NC(=O)[C@@H](NC(=O)CCOCCN3C(=O)C=CC3=O)C(C)C)ccc2COC(=O)N(CCOC23CC4CC(CC(Cn5ncc(-c6ccc(N7CCCc8c7nnc(Nc7nc9ccccc9s7)c8C)nc6C(=O)O)c5C)(C4)C2)C3)CC[C@H](O)CO)nn1. The zero-order valence-electron chi connectivity index (χ0n) is 70.5. The van der Waals surface area contributed by atoms with Crippen molar-refractivity contribution >= 4 is 120 Å². The van der Waals surface area contributed by atoms with E-state index in [9.17, 15) is 76.8 Å². The number of hydrogen-bond donors (Lipinski definition) is 12. The molecule has 13 rings (SSSR count). The number of amides is 9. The molecule has 7 heterocycles. The van der Waals surface area contributed by atoms with Gasteiger partial charge in [-0.05, 0) is 155 Å². The van der Waals surface area contributed by atoms with Gasteiger partial charge < -0.3 is 91.0 Å². The molecule has 42 nitrogen and oxygen atoms in total. The quantitative estimate of drug-likeness (QED) is 0.0174. The average Bonchev–Trinajstić information content (AvgIpc) is 0.985. The predicted octanol–water partition coefficient (Wildman–Crippen LogP) is 5.10. The molecule has 4 saturated carbocycles. The molecule has 678 valence electrons. The molecule has 4 bridgehead atoms. The third kappa shape index (κ3) is 24.5. The van der Waals surface area contributed by atoms with Crippen molar-refractivity contribution in [2.45, 2.75) is 167 Å². The van der Waals surface area contributed by atoms with E-state index in [4.69, 9.17) is 49.2 Å². The van der Waals surface area contributed by atoms with Gasteiger partial charge in [0.2, 0.25) is 17.7 Å². The van der Waals surface area contributed by atoms with Gasteiger partial charge in [0, 0.05) is 98.6 Å². The lowest BCUT2D eigenvalue weighted by atomic mass is 9.48. The van der Waals surface area contributed by atoms with E-state index < -0.39 is 132 Å². The maximum Gasteiger partial charge on any atom is 0.421 e. The fourth-order valence-corrected chi connectivity index (χ4v) is 18.7. The van der Waals surface area contributed by atoms with Crippen molar-refractivity contribution in [3.63, 3.8) is 0 Å². The van der Waals surface area contributed by atoms with Crippen LogP contribution in [0, 0.1) is 37.0 Å². The first kappa shape index (κ1) is 93.4. The molecule has 44 heteroatoms. The molecular weight excluding hydrogens is 1680 g/mol. The zero-order valence-corrected chi connectivity index (χ0v) is 72.1. The first-order chi connectivity index (χ1) is 60.4. The average molecular weight is 1790 g/mol. The molecule has 13 N–H and O–H groups in total. The number of hydrogen-bond acceptors (Lipinski definition) is 30. The Morgan fingerprint density at radius 2 is 1.60 bits per heavy atom. The van der Waals surface area contributed by atoms with Gasteiger partial charge in [0.05, 0.1) is 99.6 Å². The molecule has 5 aromatic heterocycles. The number of aromatic nitrogens is 9. The number of carboxylic acids is 2. The number of carbonyl (C=O) groups excluding carboxylic acids is 8. The maximum atomic E-state index is 14.6. The number of anilines is 5. The first-order valence-electron chi connectivity index (χ1n) is 41.5. The summed E-state index contributed by atoms with van der Waals surface area (Å²) in [5, 5.41) is 78.3. The van der Waals surface area contributed by atoms with E-state index >= 15 is 0 Å². The number of rotatable bonds is 47. The van der Waals surface area contributed by atoms with Crippen molar-refractivity contribution in [1.82, 2.24) is 80.1 Å². The Morgan fingerprint density at radius 3 is 2.33 bits per heavy atom. The van der Waals surface area contributed by atoms with Crippen LogP contribution in [-0.2, 0) is 100 Å². The Bertz CT molecular complexity index is 5210.